The van der Waals surface area contributed by atoms with Crippen molar-refractivity contribution < 1.29 is 28.3 Å². The highest BCUT2D eigenvalue weighted by Gasteiger charge is 2.60. The molecule has 0 N–H and O–H groups in total. The summed E-state index contributed by atoms with van der Waals surface area (Å²) >= 11 is 0. The van der Waals surface area contributed by atoms with Gasteiger partial charge in [-0.15, -0.1) is 0 Å². The number of fused-ring (bicyclic) bond motifs is 1. The molecule has 0 aliphatic carbocycles. The van der Waals surface area contributed by atoms with Crippen molar-refractivity contribution in [1.29, 1.82) is 0 Å². The van der Waals surface area contributed by atoms with Gasteiger partial charge in [0.15, 0.2) is 6.10 Å². The largest absolute Gasteiger partial charge is 0.463 e. The molecule has 7 nitrogen and oxygen atoms in total. The maximum absolute atomic E-state index is 13.1. The fourth-order valence-electron chi connectivity index (χ4n) is 5.55. The highest BCUT2D eigenvalue weighted by molar-refractivity contribution is 6.77. The van der Waals surface area contributed by atoms with Crippen molar-refractivity contribution in [1.82, 2.24) is 5.06 Å². The maximum Gasteiger partial charge on any atom is 0.338 e. The van der Waals surface area contributed by atoms with E-state index >= 15 is 0 Å². The van der Waals surface area contributed by atoms with Gasteiger partial charge in [-0.25, -0.2) is 4.79 Å². The Labute approximate surface area is 189 Å². The van der Waals surface area contributed by atoms with Crippen LogP contribution in [0.4, 0.5) is 0 Å². The maximum atomic E-state index is 13.1. The summed E-state index contributed by atoms with van der Waals surface area (Å²) < 4.78 is 18.0. The van der Waals surface area contributed by atoms with Crippen molar-refractivity contribution in [2.24, 2.45) is 5.92 Å². The minimum Gasteiger partial charge on any atom is -0.463 e. The summed E-state index contributed by atoms with van der Waals surface area (Å²) in [5.41, 5.74) is 1.27. The van der Waals surface area contributed by atoms with Gasteiger partial charge in [-0.1, -0.05) is 41.5 Å². The zero-order chi connectivity index (χ0) is 23.7. The average Bonchev–Trinajstić information content (AvgIpc) is 3.16. The quantitative estimate of drug-likeness (QED) is 0.374. The van der Waals surface area contributed by atoms with E-state index in [9.17, 15) is 9.59 Å². The van der Waals surface area contributed by atoms with Gasteiger partial charge in [0.05, 0.1) is 24.4 Å². The van der Waals surface area contributed by atoms with E-state index in [0.29, 0.717) is 23.2 Å². The van der Waals surface area contributed by atoms with Crippen LogP contribution in [0.25, 0.3) is 0 Å². The Kier molecular flexibility index (Phi) is 8.75. The Morgan fingerprint density at radius 2 is 1.32 bits per heavy atom. The van der Waals surface area contributed by atoms with Gasteiger partial charge in [-0.2, -0.15) is 5.06 Å². The van der Waals surface area contributed by atoms with E-state index in [-0.39, 0.29) is 24.4 Å². The number of carbonyl (C=O) groups is 2. The van der Waals surface area contributed by atoms with Crippen LogP contribution in [-0.4, -0.2) is 62.3 Å². The predicted octanol–water partition coefficient (Wildman–Crippen LogP) is 4.45. The first-order valence-electron chi connectivity index (χ1n) is 11.8. The Bertz CT molecular complexity index is 614. The molecule has 2 saturated heterocycles. The van der Waals surface area contributed by atoms with E-state index in [1.807, 2.05) is 13.8 Å². The van der Waals surface area contributed by atoms with Gasteiger partial charge in [0.1, 0.15) is 5.92 Å². The fraction of sp³-hybridized carbons (Fsp3) is 0.913. The van der Waals surface area contributed by atoms with E-state index in [4.69, 9.17) is 18.7 Å². The third kappa shape index (κ3) is 5.34. The number of ether oxygens (including phenoxy) is 2. The number of hydrogen-bond donors (Lipinski definition) is 0. The highest BCUT2D eigenvalue weighted by atomic mass is 28.4. The normalized spacial score (nSPS) is 27.1. The number of hydroxylamine groups is 2. The van der Waals surface area contributed by atoms with Gasteiger partial charge in [-0.05, 0) is 50.7 Å². The second-order valence-corrected chi connectivity index (χ2v) is 15.8. The van der Waals surface area contributed by atoms with E-state index in [1.54, 1.807) is 18.9 Å². The van der Waals surface area contributed by atoms with Crippen LogP contribution in [0.2, 0.25) is 16.6 Å². The van der Waals surface area contributed by atoms with Gasteiger partial charge < -0.3 is 13.9 Å². The molecular formula is C23H43NO6Si. The molecule has 2 aliphatic heterocycles. The smallest absolute Gasteiger partial charge is 0.338 e. The third-order valence-electron chi connectivity index (χ3n) is 6.56. The number of carbonyl (C=O) groups excluding carboxylic acids is 2. The standard InChI is InChI=1S/C23H43NO6Si/c1-13(2)27-22(25)19-20-18(30-31(15(5)6,16(7)8)17(9)10)11-12-24(20)29-21(19)23(26)28-14(3)4/h13-21H,11-12H2,1-10H3/t18-,19+,20+,21-/m0/s1. The van der Waals surface area contributed by atoms with Crippen molar-refractivity contribution in [2.75, 3.05) is 6.54 Å². The van der Waals surface area contributed by atoms with Gasteiger partial charge >= 0.3 is 11.9 Å². The van der Waals surface area contributed by atoms with Crippen LogP contribution in [0.5, 0.6) is 0 Å². The lowest BCUT2D eigenvalue weighted by atomic mass is 9.92. The van der Waals surface area contributed by atoms with Gasteiger partial charge in [-0.3, -0.25) is 9.63 Å². The molecule has 0 aromatic rings. The van der Waals surface area contributed by atoms with Crippen LogP contribution in [0.3, 0.4) is 0 Å². The molecule has 0 radical (unpaired) electrons. The number of nitrogens with zero attached hydrogens (tertiary/aromatic N) is 1. The molecule has 0 aromatic heterocycles. The van der Waals surface area contributed by atoms with Crippen LogP contribution in [0, 0.1) is 5.92 Å². The molecule has 8 heteroatoms. The van der Waals surface area contributed by atoms with Crippen LogP contribution in [-0.2, 0) is 28.3 Å². The summed E-state index contributed by atoms with van der Waals surface area (Å²) in [5, 5.41) is 1.77. The molecule has 4 atom stereocenters. The molecule has 31 heavy (non-hydrogen) atoms. The van der Waals surface area contributed by atoms with E-state index in [0.717, 1.165) is 6.42 Å². The minimum atomic E-state index is -2.17. The molecule has 0 spiro atoms. The third-order valence-corrected chi connectivity index (χ3v) is 12.7. The first-order valence-corrected chi connectivity index (χ1v) is 14.0. The molecule has 2 rings (SSSR count). The fourth-order valence-corrected chi connectivity index (χ4v) is 11.1. The molecular weight excluding hydrogens is 414 g/mol. The second-order valence-electron chi connectivity index (χ2n) is 10.4. The Hall–Kier alpha value is -0.963. The molecule has 0 aromatic carbocycles. The first kappa shape index (κ1) is 26.3. The lowest BCUT2D eigenvalue weighted by Crippen LogP contribution is -2.54. The van der Waals surface area contributed by atoms with Gasteiger partial charge in [0.25, 0.3) is 0 Å². The molecule has 2 fully saturated rings. The van der Waals surface area contributed by atoms with Crippen LogP contribution < -0.4 is 0 Å². The van der Waals surface area contributed by atoms with Crippen LogP contribution >= 0.6 is 0 Å². The minimum absolute atomic E-state index is 0.180. The lowest BCUT2D eigenvalue weighted by molar-refractivity contribution is -0.190. The summed E-state index contributed by atoms with van der Waals surface area (Å²) in [4.78, 5) is 31.9. The molecule has 180 valence electrons. The molecule has 0 unspecified atom stereocenters. The Morgan fingerprint density at radius 1 is 0.839 bits per heavy atom. The summed E-state index contributed by atoms with van der Waals surface area (Å²) in [6, 6.07) is -0.348. The van der Waals surface area contributed by atoms with E-state index in [2.05, 4.69) is 41.5 Å². The monoisotopic (exact) mass is 457 g/mol. The van der Waals surface area contributed by atoms with Crippen molar-refractivity contribution in [3.05, 3.63) is 0 Å². The summed E-state index contributed by atoms with van der Waals surface area (Å²) in [5.74, 6) is -1.71. The summed E-state index contributed by atoms with van der Waals surface area (Å²) in [7, 11) is -2.17. The van der Waals surface area contributed by atoms with Crippen molar-refractivity contribution in [3.63, 3.8) is 0 Å². The van der Waals surface area contributed by atoms with E-state index in [1.165, 1.54) is 0 Å². The zero-order valence-electron chi connectivity index (χ0n) is 21.0. The summed E-state index contributed by atoms with van der Waals surface area (Å²) in [6.07, 6.45) is -0.982. The summed E-state index contributed by atoms with van der Waals surface area (Å²) in [6.45, 7) is 21.3. The van der Waals surface area contributed by atoms with Crippen molar-refractivity contribution in [3.8, 4) is 0 Å². The number of hydrogen-bond acceptors (Lipinski definition) is 7. The predicted molar refractivity (Wildman–Crippen MR) is 122 cm³/mol. The highest BCUT2D eigenvalue weighted by Crippen LogP contribution is 2.47. The molecule has 0 saturated carbocycles. The number of esters is 2. The second kappa shape index (κ2) is 10.3. The Balaban J connectivity index is 2.39. The first-order chi connectivity index (χ1) is 14.3. The molecule has 0 bridgehead atoms. The zero-order valence-corrected chi connectivity index (χ0v) is 22.0. The average molecular weight is 458 g/mol. The van der Waals surface area contributed by atoms with E-state index < -0.39 is 32.3 Å². The molecule has 2 aliphatic rings. The van der Waals surface area contributed by atoms with Gasteiger partial charge in [0.2, 0.25) is 8.32 Å². The lowest BCUT2D eigenvalue weighted by Gasteiger charge is -2.45. The molecule has 0 amide bonds. The van der Waals surface area contributed by atoms with Crippen LogP contribution in [0.15, 0.2) is 0 Å². The SMILES string of the molecule is CC(C)OC(=O)[C@@H]1[C@H]2[C@@H](O[Si](C(C)C)(C(C)C)C(C)C)CCN2O[C@@H]1C(=O)OC(C)C. The topological polar surface area (TPSA) is 74.3 Å². The van der Waals surface area contributed by atoms with Gasteiger partial charge in [0, 0.05) is 6.54 Å². The Morgan fingerprint density at radius 3 is 1.77 bits per heavy atom. The van der Waals surface area contributed by atoms with Crippen LogP contribution in [0.1, 0.15) is 75.7 Å². The molecule has 2 heterocycles. The number of rotatable bonds is 9. The van der Waals surface area contributed by atoms with Crippen molar-refractivity contribution >= 4 is 20.3 Å². The van der Waals surface area contributed by atoms with Crippen molar-refractivity contribution in [2.45, 2.75) is 123 Å².